The fraction of sp³-hybridized carbons (Fsp3) is 0.778. The average molecular weight is 200 g/mol. The molecule has 0 aliphatic carbocycles. The molecule has 0 aromatic carbocycles. The van der Waals surface area contributed by atoms with Crippen molar-refractivity contribution in [3.63, 3.8) is 0 Å². The molecule has 0 aromatic heterocycles. The molecule has 13 heavy (non-hydrogen) atoms. The molecule has 1 aliphatic rings. The van der Waals surface area contributed by atoms with Gasteiger partial charge >= 0.3 is 0 Å². The van der Waals surface area contributed by atoms with Gasteiger partial charge in [0.15, 0.2) is 5.11 Å². The van der Waals surface area contributed by atoms with Crippen molar-refractivity contribution in [1.82, 2.24) is 9.80 Å². The molecule has 1 fully saturated rings. The van der Waals surface area contributed by atoms with E-state index >= 15 is 0 Å². The molecule has 3 nitrogen and oxygen atoms in total. The highest BCUT2D eigenvalue weighted by atomic mass is 32.1. The van der Waals surface area contributed by atoms with E-state index in [4.69, 9.17) is 12.2 Å². The van der Waals surface area contributed by atoms with E-state index in [1.165, 1.54) is 0 Å². The molecular weight excluding hydrogens is 184 g/mol. The number of amides is 1. The molecule has 1 saturated heterocycles. The zero-order chi connectivity index (χ0) is 10.0. The van der Waals surface area contributed by atoms with Crippen LogP contribution in [0, 0.1) is 5.92 Å². The van der Waals surface area contributed by atoms with Gasteiger partial charge in [-0.05, 0) is 25.1 Å². The molecule has 0 bridgehead atoms. The van der Waals surface area contributed by atoms with E-state index in [0.717, 1.165) is 13.1 Å². The lowest BCUT2D eigenvalue weighted by atomic mass is 10.2. The minimum absolute atomic E-state index is 0.139. The van der Waals surface area contributed by atoms with E-state index in [0.29, 0.717) is 17.6 Å². The summed E-state index contributed by atoms with van der Waals surface area (Å²) < 4.78 is 0. The van der Waals surface area contributed by atoms with E-state index in [-0.39, 0.29) is 5.91 Å². The molecule has 0 unspecified atom stereocenters. The predicted octanol–water partition coefficient (Wildman–Crippen LogP) is 1.09. The minimum Gasteiger partial charge on any atom is -0.340 e. The van der Waals surface area contributed by atoms with Crippen LogP contribution in [-0.4, -0.2) is 40.5 Å². The summed E-state index contributed by atoms with van der Waals surface area (Å²) >= 11 is 5.19. The Hall–Kier alpha value is -0.640. The molecular formula is C9H16N2OS. The Kier molecular flexibility index (Phi) is 3.25. The predicted molar refractivity (Wildman–Crippen MR) is 56.4 cm³/mol. The van der Waals surface area contributed by atoms with Gasteiger partial charge in [0.1, 0.15) is 0 Å². The lowest BCUT2D eigenvalue weighted by molar-refractivity contribution is -0.125. The first-order valence-corrected chi connectivity index (χ1v) is 5.06. The highest BCUT2D eigenvalue weighted by molar-refractivity contribution is 7.80. The van der Waals surface area contributed by atoms with Gasteiger partial charge in [-0.3, -0.25) is 9.69 Å². The maximum absolute atomic E-state index is 11.5. The molecule has 1 amide bonds. The summed E-state index contributed by atoms with van der Waals surface area (Å²) in [4.78, 5) is 15.1. The Morgan fingerprint density at radius 2 is 2.15 bits per heavy atom. The van der Waals surface area contributed by atoms with Gasteiger partial charge in [-0.2, -0.15) is 0 Å². The number of rotatable bonds is 3. The van der Waals surface area contributed by atoms with E-state index in [1.54, 1.807) is 4.90 Å². The summed E-state index contributed by atoms with van der Waals surface area (Å²) in [5, 5.41) is 0.696. The van der Waals surface area contributed by atoms with Crippen molar-refractivity contribution in [2.24, 2.45) is 5.92 Å². The summed E-state index contributed by atoms with van der Waals surface area (Å²) in [6, 6.07) is 0. The van der Waals surface area contributed by atoms with Crippen molar-refractivity contribution >= 4 is 23.2 Å². The number of hydrogen-bond donors (Lipinski definition) is 0. The standard InChI is InChI=1S/C9H16N2OS/c1-4-10-6-8(12)11(9(10)13)5-7(2)3/h7H,4-6H2,1-3H3. The van der Waals surface area contributed by atoms with Crippen molar-refractivity contribution in [3.05, 3.63) is 0 Å². The Morgan fingerprint density at radius 3 is 2.54 bits per heavy atom. The molecule has 1 aliphatic heterocycles. The summed E-state index contributed by atoms with van der Waals surface area (Å²) in [6.07, 6.45) is 0. The maximum atomic E-state index is 11.5. The van der Waals surface area contributed by atoms with Crippen molar-refractivity contribution < 1.29 is 4.79 Å². The van der Waals surface area contributed by atoms with Gasteiger partial charge in [0, 0.05) is 13.1 Å². The molecule has 74 valence electrons. The molecule has 0 radical (unpaired) electrons. The number of carbonyl (C=O) groups excluding carboxylic acids is 1. The lowest BCUT2D eigenvalue weighted by Gasteiger charge is -2.20. The molecule has 0 spiro atoms. The van der Waals surface area contributed by atoms with Gasteiger partial charge in [0.2, 0.25) is 5.91 Å². The maximum Gasteiger partial charge on any atom is 0.248 e. The Balaban J connectivity index is 2.65. The third-order valence-corrected chi connectivity index (χ3v) is 2.54. The lowest BCUT2D eigenvalue weighted by Crippen LogP contribution is -2.35. The molecule has 0 saturated carbocycles. The SMILES string of the molecule is CCN1CC(=O)N(CC(C)C)C1=S. The van der Waals surface area contributed by atoms with Crippen LogP contribution in [0.1, 0.15) is 20.8 Å². The quantitative estimate of drug-likeness (QED) is 0.637. The smallest absolute Gasteiger partial charge is 0.248 e. The van der Waals surface area contributed by atoms with Crippen LogP contribution in [0.15, 0.2) is 0 Å². The van der Waals surface area contributed by atoms with E-state index in [2.05, 4.69) is 13.8 Å². The Labute approximate surface area is 84.7 Å². The van der Waals surface area contributed by atoms with Crippen molar-refractivity contribution in [2.45, 2.75) is 20.8 Å². The van der Waals surface area contributed by atoms with E-state index < -0.39 is 0 Å². The van der Waals surface area contributed by atoms with Crippen LogP contribution < -0.4 is 0 Å². The highest BCUT2D eigenvalue weighted by Gasteiger charge is 2.31. The average Bonchev–Trinajstić information content (AvgIpc) is 2.31. The first-order valence-electron chi connectivity index (χ1n) is 4.65. The van der Waals surface area contributed by atoms with Gasteiger partial charge in [-0.25, -0.2) is 0 Å². The molecule has 0 N–H and O–H groups in total. The largest absolute Gasteiger partial charge is 0.340 e. The minimum atomic E-state index is 0.139. The summed E-state index contributed by atoms with van der Waals surface area (Å²) in [5.41, 5.74) is 0. The van der Waals surface area contributed by atoms with Crippen LogP contribution in [0.3, 0.4) is 0 Å². The first kappa shape index (κ1) is 10.4. The summed E-state index contributed by atoms with van der Waals surface area (Å²) in [6.45, 7) is 8.21. The fourth-order valence-electron chi connectivity index (χ4n) is 1.39. The Bertz CT molecular complexity index is 228. The number of hydrogen-bond acceptors (Lipinski definition) is 2. The monoisotopic (exact) mass is 200 g/mol. The zero-order valence-corrected chi connectivity index (χ0v) is 9.23. The van der Waals surface area contributed by atoms with Crippen LogP contribution in [0.2, 0.25) is 0 Å². The normalized spacial score (nSPS) is 17.8. The number of nitrogens with zero attached hydrogens (tertiary/aromatic N) is 2. The van der Waals surface area contributed by atoms with Crippen LogP contribution in [0.4, 0.5) is 0 Å². The van der Waals surface area contributed by atoms with Gasteiger partial charge in [-0.15, -0.1) is 0 Å². The topological polar surface area (TPSA) is 23.6 Å². The molecule has 4 heteroatoms. The van der Waals surface area contributed by atoms with Crippen LogP contribution in [0.25, 0.3) is 0 Å². The second-order valence-electron chi connectivity index (χ2n) is 3.69. The van der Waals surface area contributed by atoms with Crippen LogP contribution >= 0.6 is 12.2 Å². The van der Waals surface area contributed by atoms with Gasteiger partial charge in [0.25, 0.3) is 0 Å². The Morgan fingerprint density at radius 1 is 1.54 bits per heavy atom. The van der Waals surface area contributed by atoms with E-state index in [9.17, 15) is 4.79 Å². The molecule has 0 atom stereocenters. The number of thiocarbonyl (C=S) groups is 1. The van der Waals surface area contributed by atoms with Crippen molar-refractivity contribution in [2.75, 3.05) is 19.6 Å². The summed E-state index contributed by atoms with van der Waals surface area (Å²) in [5.74, 6) is 0.610. The second-order valence-corrected chi connectivity index (χ2v) is 4.06. The molecule has 1 rings (SSSR count). The van der Waals surface area contributed by atoms with Gasteiger partial charge < -0.3 is 4.90 Å². The molecule has 1 heterocycles. The summed E-state index contributed by atoms with van der Waals surface area (Å²) in [7, 11) is 0. The van der Waals surface area contributed by atoms with E-state index in [1.807, 2.05) is 11.8 Å². The fourth-order valence-corrected chi connectivity index (χ4v) is 1.76. The van der Waals surface area contributed by atoms with Gasteiger partial charge in [-0.1, -0.05) is 13.8 Å². The number of carbonyl (C=O) groups is 1. The zero-order valence-electron chi connectivity index (χ0n) is 8.41. The highest BCUT2D eigenvalue weighted by Crippen LogP contribution is 2.12. The van der Waals surface area contributed by atoms with Crippen molar-refractivity contribution in [3.8, 4) is 0 Å². The first-order chi connectivity index (χ1) is 6.06. The van der Waals surface area contributed by atoms with Gasteiger partial charge in [0.05, 0.1) is 6.54 Å². The molecule has 0 aromatic rings. The third-order valence-electron chi connectivity index (χ3n) is 2.06. The number of likely N-dealkylation sites (N-methyl/N-ethyl adjacent to an activating group) is 1. The second kappa shape index (κ2) is 4.05. The van der Waals surface area contributed by atoms with Crippen LogP contribution in [-0.2, 0) is 4.79 Å². The third kappa shape index (κ3) is 2.18. The van der Waals surface area contributed by atoms with Crippen LogP contribution in [0.5, 0.6) is 0 Å². The van der Waals surface area contributed by atoms with Crippen molar-refractivity contribution in [1.29, 1.82) is 0 Å².